The summed E-state index contributed by atoms with van der Waals surface area (Å²) in [5.41, 5.74) is 6.99. The molecule has 6 heteroatoms. The summed E-state index contributed by atoms with van der Waals surface area (Å²) in [6.45, 7) is 3.00. The Kier molecular flexibility index (Phi) is 3.61. The molecule has 0 bridgehead atoms. The molecule has 0 radical (unpaired) electrons. The molecule has 5 nitrogen and oxygen atoms in total. The fourth-order valence-electron chi connectivity index (χ4n) is 3.33. The van der Waals surface area contributed by atoms with E-state index in [1.165, 1.54) is 37.8 Å². The lowest BCUT2D eigenvalue weighted by Crippen LogP contribution is -2.24. The Bertz CT molecular complexity index is 610. The number of nitrogens with two attached hydrogens (primary N) is 1. The van der Waals surface area contributed by atoms with Crippen LogP contribution in [0.25, 0.3) is 11.4 Å². The Balaban J connectivity index is 1.93. The third kappa shape index (κ3) is 2.75. The van der Waals surface area contributed by atoms with Gasteiger partial charge in [0.05, 0.1) is 6.54 Å². The molecule has 21 heavy (non-hydrogen) atoms. The highest BCUT2D eigenvalue weighted by Gasteiger charge is 2.33. The second-order valence-electron chi connectivity index (χ2n) is 5.99. The molecule has 0 saturated heterocycles. The molecule has 0 amide bonds. The van der Waals surface area contributed by atoms with Gasteiger partial charge in [0, 0.05) is 11.3 Å². The van der Waals surface area contributed by atoms with Crippen LogP contribution in [0, 0.1) is 11.2 Å². The van der Waals surface area contributed by atoms with Crippen LogP contribution in [0.5, 0.6) is 0 Å². The maximum Gasteiger partial charge on any atom is 0.182 e. The number of halogens is 1. The third-order valence-electron chi connectivity index (χ3n) is 4.61. The quantitative estimate of drug-likeness (QED) is 0.878. The molecule has 0 spiro atoms. The Hall–Kier alpha value is -1.98. The highest BCUT2D eigenvalue weighted by molar-refractivity contribution is 5.61. The lowest BCUT2D eigenvalue weighted by atomic mass is 9.83. The molecule has 1 aliphatic carbocycles. The van der Waals surface area contributed by atoms with Crippen LogP contribution in [0.15, 0.2) is 18.2 Å². The average Bonchev–Trinajstić information content (AvgIpc) is 3.08. The van der Waals surface area contributed by atoms with Crippen LogP contribution in [0.1, 0.15) is 39.0 Å². The minimum atomic E-state index is -0.370. The van der Waals surface area contributed by atoms with Crippen molar-refractivity contribution in [3.63, 3.8) is 0 Å². The molecule has 1 aromatic carbocycles. The summed E-state index contributed by atoms with van der Waals surface area (Å²) in [6.07, 6.45) is 6.04. The van der Waals surface area contributed by atoms with Crippen LogP contribution in [0.4, 0.5) is 10.1 Å². The van der Waals surface area contributed by atoms with Gasteiger partial charge in [-0.3, -0.25) is 0 Å². The molecule has 0 atom stereocenters. The zero-order valence-corrected chi connectivity index (χ0v) is 12.2. The Morgan fingerprint density at radius 2 is 2.05 bits per heavy atom. The van der Waals surface area contributed by atoms with Crippen molar-refractivity contribution in [3.8, 4) is 11.4 Å². The van der Waals surface area contributed by atoms with Crippen molar-refractivity contribution < 1.29 is 4.39 Å². The molecule has 1 heterocycles. The first kappa shape index (κ1) is 14.0. The van der Waals surface area contributed by atoms with Gasteiger partial charge in [0.25, 0.3) is 0 Å². The fourth-order valence-corrected chi connectivity index (χ4v) is 3.33. The van der Waals surface area contributed by atoms with E-state index in [1.807, 2.05) is 0 Å². The van der Waals surface area contributed by atoms with Crippen LogP contribution in [-0.4, -0.2) is 20.2 Å². The molecule has 112 valence electrons. The van der Waals surface area contributed by atoms with Crippen molar-refractivity contribution in [2.45, 2.75) is 45.6 Å². The Labute approximate surface area is 123 Å². The molecule has 1 aliphatic rings. The van der Waals surface area contributed by atoms with Crippen molar-refractivity contribution in [2.75, 3.05) is 5.73 Å². The first-order valence-corrected chi connectivity index (χ1v) is 7.44. The number of aromatic nitrogens is 4. The smallest absolute Gasteiger partial charge is 0.182 e. The summed E-state index contributed by atoms with van der Waals surface area (Å²) in [4.78, 5) is 0. The standard InChI is InChI=1S/C15H20FN5/c1-2-15(5-3-4-6-15)10-21-14(18-19-20-21)11-7-12(16)9-13(17)8-11/h7-9H,2-6,10,17H2,1H3. The SMILES string of the molecule is CCC1(Cn2nnnc2-c2cc(N)cc(F)c2)CCCC1. The van der Waals surface area contributed by atoms with Crippen LogP contribution in [-0.2, 0) is 6.54 Å². The van der Waals surface area contributed by atoms with Crippen molar-refractivity contribution in [1.82, 2.24) is 20.2 Å². The van der Waals surface area contributed by atoms with Crippen LogP contribution in [0.2, 0.25) is 0 Å². The Morgan fingerprint density at radius 1 is 1.29 bits per heavy atom. The predicted molar refractivity (Wildman–Crippen MR) is 78.8 cm³/mol. The van der Waals surface area contributed by atoms with Crippen molar-refractivity contribution in [1.29, 1.82) is 0 Å². The monoisotopic (exact) mass is 289 g/mol. The minimum absolute atomic E-state index is 0.267. The Morgan fingerprint density at radius 3 is 2.71 bits per heavy atom. The number of nitrogens with zero attached hydrogens (tertiary/aromatic N) is 4. The number of nitrogen functional groups attached to an aromatic ring is 1. The van der Waals surface area contributed by atoms with Gasteiger partial charge < -0.3 is 5.73 Å². The molecule has 2 N–H and O–H groups in total. The van der Waals surface area contributed by atoms with Gasteiger partial charge in [-0.05, 0) is 53.3 Å². The van der Waals surface area contributed by atoms with E-state index in [0.717, 1.165) is 13.0 Å². The zero-order chi connectivity index (χ0) is 14.9. The molecule has 1 aromatic heterocycles. The molecular weight excluding hydrogens is 269 g/mol. The maximum atomic E-state index is 13.5. The molecule has 0 unspecified atom stereocenters. The van der Waals surface area contributed by atoms with E-state index >= 15 is 0 Å². The van der Waals surface area contributed by atoms with Gasteiger partial charge in [-0.25, -0.2) is 9.07 Å². The van der Waals surface area contributed by atoms with Crippen LogP contribution >= 0.6 is 0 Å². The normalized spacial score (nSPS) is 17.2. The number of benzene rings is 1. The summed E-state index contributed by atoms with van der Waals surface area (Å²) in [5, 5.41) is 11.9. The molecule has 1 saturated carbocycles. The second-order valence-corrected chi connectivity index (χ2v) is 5.99. The van der Waals surface area contributed by atoms with Gasteiger partial charge in [0.15, 0.2) is 5.82 Å². The van der Waals surface area contributed by atoms with Gasteiger partial charge >= 0.3 is 0 Å². The van der Waals surface area contributed by atoms with E-state index in [4.69, 9.17) is 5.73 Å². The fraction of sp³-hybridized carbons (Fsp3) is 0.533. The van der Waals surface area contributed by atoms with Gasteiger partial charge in [-0.2, -0.15) is 0 Å². The average molecular weight is 289 g/mol. The van der Waals surface area contributed by atoms with E-state index in [0.29, 0.717) is 17.1 Å². The van der Waals surface area contributed by atoms with Crippen molar-refractivity contribution >= 4 is 5.69 Å². The molecule has 3 rings (SSSR count). The molecule has 2 aromatic rings. The number of hydrogen-bond acceptors (Lipinski definition) is 4. The number of hydrogen-bond donors (Lipinski definition) is 1. The van der Waals surface area contributed by atoms with Gasteiger partial charge in [-0.15, -0.1) is 5.10 Å². The highest BCUT2D eigenvalue weighted by atomic mass is 19.1. The maximum absolute atomic E-state index is 13.5. The number of tetrazole rings is 1. The number of rotatable bonds is 4. The van der Waals surface area contributed by atoms with Gasteiger partial charge in [-0.1, -0.05) is 19.8 Å². The first-order valence-electron chi connectivity index (χ1n) is 7.44. The largest absolute Gasteiger partial charge is 0.399 e. The van der Waals surface area contributed by atoms with E-state index in [-0.39, 0.29) is 11.2 Å². The lowest BCUT2D eigenvalue weighted by molar-refractivity contribution is 0.226. The second kappa shape index (κ2) is 5.42. The van der Waals surface area contributed by atoms with Gasteiger partial charge in [0.2, 0.25) is 0 Å². The molecule has 0 aliphatic heterocycles. The van der Waals surface area contributed by atoms with Crippen LogP contribution < -0.4 is 5.73 Å². The summed E-state index contributed by atoms with van der Waals surface area (Å²) < 4.78 is 15.3. The predicted octanol–water partition coefficient (Wildman–Crippen LogP) is 3.03. The summed E-state index contributed by atoms with van der Waals surface area (Å²) in [6, 6.07) is 4.42. The highest BCUT2D eigenvalue weighted by Crippen LogP contribution is 2.42. The van der Waals surface area contributed by atoms with Gasteiger partial charge in [0.1, 0.15) is 5.82 Å². The summed E-state index contributed by atoms with van der Waals surface area (Å²) in [5.74, 6) is 0.214. The molecular formula is C15H20FN5. The lowest BCUT2D eigenvalue weighted by Gasteiger charge is -2.27. The van der Waals surface area contributed by atoms with Crippen molar-refractivity contribution in [3.05, 3.63) is 24.0 Å². The minimum Gasteiger partial charge on any atom is -0.399 e. The first-order chi connectivity index (χ1) is 10.1. The summed E-state index contributed by atoms with van der Waals surface area (Å²) in [7, 11) is 0. The third-order valence-corrected chi connectivity index (χ3v) is 4.61. The van der Waals surface area contributed by atoms with E-state index in [2.05, 4.69) is 22.4 Å². The summed E-state index contributed by atoms with van der Waals surface area (Å²) >= 11 is 0. The zero-order valence-electron chi connectivity index (χ0n) is 12.2. The van der Waals surface area contributed by atoms with Crippen molar-refractivity contribution in [2.24, 2.45) is 5.41 Å². The van der Waals surface area contributed by atoms with E-state index in [9.17, 15) is 4.39 Å². The molecule has 1 fully saturated rings. The van der Waals surface area contributed by atoms with E-state index < -0.39 is 0 Å². The van der Waals surface area contributed by atoms with E-state index in [1.54, 1.807) is 10.7 Å². The topological polar surface area (TPSA) is 69.6 Å². The number of anilines is 1. The van der Waals surface area contributed by atoms with Crippen LogP contribution in [0.3, 0.4) is 0 Å².